The van der Waals surface area contributed by atoms with E-state index in [-0.39, 0.29) is 30.2 Å². The molecule has 1 saturated carbocycles. The zero-order chi connectivity index (χ0) is 14.6. The Morgan fingerprint density at radius 2 is 1.74 bits per heavy atom. The van der Waals surface area contributed by atoms with Gasteiger partial charge in [0.25, 0.3) is 0 Å². The van der Waals surface area contributed by atoms with Crippen LogP contribution in [0.4, 0.5) is 0 Å². The highest BCUT2D eigenvalue weighted by Gasteiger charge is 2.32. The molecule has 4 N–H and O–H groups in total. The number of carboxylic acids is 1. The van der Waals surface area contributed by atoms with E-state index >= 15 is 0 Å². The molecule has 0 aromatic carbocycles. The monoisotopic (exact) mass is 270 g/mol. The molecule has 0 heterocycles. The van der Waals surface area contributed by atoms with Crippen molar-refractivity contribution in [3.8, 4) is 0 Å². The van der Waals surface area contributed by atoms with Crippen LogP contribution in [-0.4, -0.2) is 28.9 Å². The Morgan fingerprint density at radius 1 is 1.21 bits per heavy atom. The summed E-state index contributed by atoms with van der Waals surface area (Å²) in [6, 6.07) is 0.0210. The van der Waals surface area contributed by atoms with Crippen LogP contribution in [0.1, 0.15) is 46.0 Å². The standard InChI is InChI=1S/C13H22N2O4/c1-13(2,12(18)19)7-10(16)15-9-5-3-8(4-6-9)11(14)17/h8-9H,3-7H2,1-2H3,(H2,14,17)(H,15,16)(H,18,19). The van der Waals surface area contributed by atoms with E-state index in [9.17, 15) is 14.4 Å². The number of primary amides is 1. The first-order valence-electron chi connectivity index (χ1n) is 6.54. The molecule has 0 unspecified atom stereocenters. The zero-order valence-electron chi connectivity index (χ0n) is 11.4. The molecule has 0 bridgehead atoms. The second kappa shape index (κ2) is 6.04. The van der Waals surface area contributed by atoms with Gasteiger partial charge >= 0.3 is 5.97 Å². The Kier molecular flexibility index (Phi) is 4.91. The molecule has 1 rings (SSSR count). The number of nitrogens with two attached hydrogens (primary N) is 1. The number of carbonyl (C=O) groups excluding carboxylic acids is 2. The van der Waals surface area contributed by atoms with Crippen molar-refractivity contribution in [3.63, 3.8) is 0 Å². The van der Waals surface area contributed by atoms with Gasteiger partial charge in [0.15, 0.2) is 0 Å². The van der Waals surface area contributed by atoms with Crippen LogP contribution in [0, 0.1) is 11.3 Å². The minimum atomic E-state index is -1.06. The van der Waals surface area contributed by atoms with Crippen LogP contribution in [0.3, 0.4) is 0 Å². The summed E-state index contributed by atoms with van der Waals surface area (Å²) in [5.74, 6) is -1.62. The van der Waals surface area contributed by atoms with Gasteiger partial charge in [-0.25, -0.2) is 0 Å². The lowest BCUT2D eigenvalue weighted by molar-refractivity contribution is -0.149. The average Bonchev–Trinajstić information content (AvgIpc) is 2.28. The highest BCUT2D eigenvalue weighted by atomic mass is 16.4. The van der Waals surface area contributed by atoms with E-state index in [1.165, 1.54) is 13.8 Å². The van der Waals surface area contributed by atoms with Gasteiger partial charge in [0.1, 0.15) is 0 Å². The summed E-state index contributed by atoms with van der Waals surface area (Å²) in [6.07, 6.45) is 2.75. The van der Waals surface area contributed by atoms with Crippen molar-refractivity contribution >= 4 is 17.8 Å². The van der Waals surface area contributed by atoms with E-state index in [0.29, 0.717) is 25.7 Å². The van der Waals surface area contributed by atoms with Crippen molar-refractivity contribution in [2.75, 3.05) is 0 Å². The second-order valence-corrected chi connectivity index (χ2v) is 5.88. The number of aliphatic carboxylic acids is 1. The van der Waals surface area contributed by atoms with Crippen LogP contribution < -0.4 is 11.1 Å². The highest BCUT2D eigenvalue weighted by Crippen LogP contribution is 2.25. The number of hydrogen-bond donors (Lipinski definition) is 3. The maximum absolute atomic E-state index is 11.8. The minimum Gasteiger partial charge on any atom is -0.481 e. The Balaban J connectivity index is 2.39. The van der Waals surface area contributed by atoms with E-state index < -0.39 is 11.4 Å². The number of rotatable bonds is 5. The lowest BCUT2D eigenvalue weighted by atomic mass is 9.85. The fourth-order valence-electron chi connectivity index (χ4n) is 2.28. The topological polar surface area (TPSA) is 109 Å². The molecule has 108 valence electrons. The SMILES string of the molecule is CC(C)(CC(=O)NC1CCC(C(N)=O)CC1)C(=O)O. The van der Waals surface area contributed by atoms with E-state index in [0.717, 1.165) is 0 Å². The molecule has 0 aromatic rings. The van der Waals surface area contributed by atoms with Gasteiger partial charge in [0.2, 0.25) is 11.8 Å². The number of amides is 2. The van der Waals surface area contributed by atoms with Crippen molar-refractivity contribution in [3.05, 3.63) is 0 Å². The van der Waals surface area contributed by atoms with Crippen LogP contribution in [0.2, 0.25) is 0 Å². The van der Waals surface area contributed by atoms with E-state index in [2.05, 4.69) is 5.32 Å². The molecule has 6 heteroatoms. The molecule has 0 aromatic heterocycles. The summed E-state index contributed by atoms with van der Waals surface area (Å²) >= 11 is 0. The van der Waals surface area contributed by atoms with Crippen LogP contribution in [0.15, 0.2) is 0 Å². The Morgan fingerprint density at radius 3 is 2.16 bits per heavy atom. The molecular weight excluding hydrogens is 248 g/mol. The predicted molar refractivity (Wildman–Crippen MR) is 69.1 cm³/mol. The van der Waals surface area contributed by atoms with Gasteiger partial charge in [0, 0.05) is 18.4 Å². The highest BCUT2D eigenvalue weighted by molar-refractivity contribution is 5.84. The third-order valence-corrected chi connectivity index (χ3v) is 3.68. The summed E-state index contributed by atoms with van der Waals surface area (Å²) in [6.45, 7) is 3.05. The molecule has 0 atom stereocenters. The molecular formula is C13H22N2O4. The van der Waals surface area contributed by atoms with Crippen LogP contribution in [0.5, 0.6) is 0 Å². The third kappa shape index (κ3) is 4.54. The Labute approximate surface area is 112 Å². The van der Waals surface area contributed by atoms with E-state index in [1.807, 2.05) is 0 Å². The first kappa shape index (κ1) is 15.5. The minimum absolute atomic E-state index is 0.0210. The van der Waals surface area contributed by atoms with Crippen LogP contribution >= 0.6 is 0 Å². The van der Waals surface area contributed by atoms with E-state index in [1.54, 1.807) is 0 Å². The van der Waals surface area contributed by atoms with Crippen molar-refractivity contribution < 1.29 is 19.5 Å². The van der Waals surface area contributed by atoms with Gasteiger partial charge in [-0.15, -0.1) is 0 Å². The van der Waals surface area contributed by atoms with Crippen LogP contribution in [0.25, 0.3) is 0 Å². The molecule has 19 heavy (non-hydrogen) atoms. The molecule has 1 aliphatic carbocycles. The van der Waals surface area contributed by atoms with E-state index in [4.69, 9.17) is 10.8 Å². The lowest BCUT2D eigenvalue weighted by Gasteiger charge is -2.28. The fourth-order valence-corrected chi connectivity index (χ4v) is 2.28. The van der Waals surface area contributed by atoms with Gasteiger partial charge in [-0.05, 0) is 39.5 Å². The fraction of sp³-hybridized carbons (Fsp3) is 0.769. The van der Waals surface area contributed by atoms with Crippen LogP contribution in [-0.2, 0) is 14.4 Å². The summed E-state index contributed by atoms with van der Waals surface area (Å²) in [5.41, 5.74) is 4.18. The van der Waals surface area contributed by atoms with Gasteiger partial charge in [-0.1, -0.05) is 0 Å². The van der Waals surface area contributed by atoms with Crippen molar-refractivity contribution in [1.82, 2.24) is 5.32 Å². The van der Waals surface area contributed by atoms with Gasteiger partial charge in [-0.2, -0.15) is 0 Å². The van der Waals surface area contributed by atoms with Gasteiger partial charge < -0.3 is 16.2 Å². The third-order valence-electron chi connectivity index (χ3n) is 3.68. The first-order chi connectivity index (χ1) is 8.72. The van der Waals surface area contributed by atoms with Gasteiger partial charge in [-0.3, -0.25) is 14.4 Å². The molecule has 6 nitrogen and oxygen atoms in total. The maximum Gasteiger partial charge on any atom is 0.309 e. The first-order valence-corrected chi connectivity index (χ1v) is 6.54. The summed E-state index contributed by atoms with van der Waals surface area (Å²) in [7, 11) is 0. The molecule has 0 spiro atoms. The molecule has 1 aliphatic rings. The van der Waals surface area contributed by atoms with Crippen molar-refractivity contribution in [1.29, 1.82) is 0 Å². The maximum atomic E-state index is 11.8. The number of hydrogen-bond acceptors (Lipinski definition) is 3. The second-order valence-electron chi connectivity index (χ2n) is 5.88. The molecule has 0 saturated heterocycles. The lowest BCUT2D eigenvalue weighted by Crippen LogP contribution is -2.42. The van der Waals surface area contributed by atoms with Crippen molar-refractivity contribution in [2.24, 2.45) is 17.1 Å². The number of nitrogens with one attached hydrogen (secondary N) is 1. The Hall–Kier alpha value is -1.59. The number of carboxylic acid groups (broad SMARTS) is 1. The molecule has 2 amide bonds. The summed E-state index contributed by atoms with van der Waals surface area (Å²) in [5, 5.41) is 11.8. The molecule has 1 fully saturated rings. The zero-order valence-corrected chi connectivity index (χ0v) is 11.4. The van der Waals surface area contributed by atoms with Crippen molar-refractivity contribution in [2.45, 2.75) is 52.0 Å². The largest absolute Gasteiger partial charge is 0.481 e. The van der Waals surface area contributed by atoms with Gasteiger partial charge in [0.05, 0.1) is 5.41 Å². The molecule has 0 radical (unpaired) electrons. The Bertz CT molecular complexity index is 371. The normalized spacial score (nSPS) is 23.7. The summed E-state index contributed by atoms with van der Waals surface area (Å²) in [4.78, 5) is 33.7. The molecule has 0 aliphatic heterocycles. The average molecular weight is 270 g/mol. The predicted octanol–water partition coefficient (Wildman–Crippen LogP) is 0.648. The number of carbonyl (C=O) groups is 3. The quantitative estimate of drug-likeness (QED) is 0.681. The smallest absolute Gasteiger partial charge is 0.309 e. The summed E-state index contributed by atoms with van der Waals surface area (Å²) < 4.78 is 0.